The SMILES string of the molecule is CCC(CC)(CNS(=O)(=O)CBr)SC. The van der Waals surface area contributed by atoms with Crippen LogP contribution in [0.25, 0.3) is 0 Å². The zero-order valence-corrected chi connectivity index (χ0v) is 12.1. The Kier molecular flexibility index (Phi) is 6.69. The zero-order chi connectivity index (χ0) is 11.2. The summed E-state index contributed by atoms with van der Waals surface area (Å²) in [6, 6.07) is 0. The van der Waals surface area contributed by atoms with E-state index in [9.17, 15) is 8.42 Å². The van der Waals surface area contributed by atoms with Crippen LogP contribution in [0.5, 0.6) is 0 Å². The maximum Gasteiger partial charge on any atom is 0.221 e. The van der Waals surface area contributed by atoms with Crippen LogP contribution in [0.15, 0.2) is 0 Å². The number of nitrogens with one attached hydrogen (secondary N) is 1. The van der Waals surface area contributed by atoms with Gasteiger partial charge in [0.25, 0.3) is 0 Å². The molecule has 0 spiro atoms. The molecule has 14 heavy (non-hydrogen) atoms. The van der Waals surface area contributed by atoms with Gasteiger partial charge in [0.2, 0.25) is 10.0 Å². The van der Waals surface area contributed by atoms with Crippen molar-refractivity contribution in [3.63, 3.8) is 0 Å². The van der Waals surface area contributed by atoms with Crippen molar-refractivity contribution >= 4 is 37.7 Å². The molecule has 0 aliphatic rings. The summed E-state index contributed by atoms with van der Waals surface area (Å²) in [5, 5.41) is 0. The molecule has 0 unspecified atom stereocenters. The van der Waals surface area contributed by atoms with E-state index in [1.54, 1.807) is 11.8 Å². The van der Waals surface area contributed by atoms with Crippen molar-refractivity contribution in [1.29, 1.82) is 0 Å². The molecule has 1 N–H and O–H groups in total. The van der Waals surface area contributed by atoms with Crippen LogP contribution in [0, 0.1) is 0 Å². The standard InChI is InChI=1S/C8H18BrNO2S2/c1-4-8(5-2,13-3)6-10-14(11,12)7-9/h10H,4-7H2,1-3H3. The fourth-order valence-electron chi connectivity index (χ4n) is 1.14. The second kappa shape index (κ2) is 6.35. The van der Waals surface area contributed by atoms with Crippen LogP contribution in [0.4, 0.5) is 0 Å². The minimum Gasteiger partial charge on any atom is -0.213 e. The molecule has 0 heterocycles. The number of hydrogen-bond acceptors (Lipinski definition) is 3. The molecule has 0 aromatic carbocycles. The van der Waals surface area contributed by atoms with E-state index in [2.05, 4.69) is 34.5 Å². The van der Waals surface area contributed by atoms with Gasteiger partial charge in [-0.25, -0.2) is 13.1 Å². The van der Waals surface area contributed by atoms with Gasteiger partial charge in [-0.15, -0.1) is 0 Å². The third-order valence-electron chi connectivity index (χ3n) is 2.48. The molecular formula is C8H18BrNO2S2. The first-order chi connectivity index (χ1) is 6.45. The largest absolute Gasteiger partial charge is 0.221 e. The van der Waals surface area contributed by atoms with E-state index in [0.29, 0.717) is 6.54 Å². The van der Waals surface area contributed by atoms with Crippen molar-refractivity contribution in [2.24, 2.45) is 0 Å². The molecule has 0 saturated carbocycles. The van der Waals surface area contributed by atoms with E-state index in [0.717, 1.165) is 12.8 Å². The first kappa shape index (κ1) is 14.7. The number of halogens is 1. The van der Waals surface area contributed by atoms with E-state index in [1.165, 1.54) is 0 Å². The van der Waals surface area contributed by atoms with Gasteiger partial charge >= 0.3 is 0 Å². The van der Waals surface area contributed by atoms with E-state index >= 15 is 0 Å². The van der Waals surface area contributed by atoms with Crippen LogP contribution in [0.2, 0.25) is 0 Å². The highest BCUT2D eigenvalue weighted by Gasteiger charge is 2.26. The fourth-order valence-corrected chi connectivity index (χ4v) is 3.09. The molecule has 0 aliphatic carbocycles. The predicted molar refractivity (Wildman–Crippen MR) is 67.5 cm³/mol. The van der Waals surface area contributed by atoms with Crippen molar-refractivity contribution < 1.29 is 8.42 Å². The highest BCUT2D eigenvalue weighted by atomic mass is 79.9. The molecule has 0 aromatic heterocycles. The zero-order valence-electron chi connectivity index (χ0n) is 8.84. The first-order valence-corrected chi connectivity index (χ1v) is 8.53. The molecule has 0 bridgehead atoms. The van der Waals surface area contributed by atoms with Gasteiger partial charge in [0.15, 0.2) is 0 Å². The van der Waals surface area contributed by atoms with Crippen LogP contribution in [0.3, 0.4) is 0 Å². The lowest BCUT2D eigenvalue weighted by atomic mass is 10.0. The lowest BCUT2D eigenvalue weighted by Gasteiger charge is -2.29. The third kappa shape index (κ3) is 4.51. The Morgan fingerprint density at radius 1 is 1.36 bits per heavy atom. The quantitative estimate of drug-likeness (QED) is 0.733. The van der Waals surface area contributed by atoms with Crippen LogP contribution >= 0.6 is 27.7 Å². The number of rotatable bonds is 7. The summed E-state index contributed by atoms with van der Waals surface area (Å²) in [5.41, 5.74) is 0. The third-order valence-corrected chi connectivity index (χ3v) is 6.75. The average molecular weight is 304 g/mol. The topological polar surface area (TPSA) is 46.2 Å². The Hall–Kier alpha value is 0.740. The highest BCUT2D eigenvalue weighted by molar-refractivity contribution is 9.10. The molecule has 0 aliphatic heterocycles. The van der Waals surface area contributed by atoms with Gasteiger partial charge < -0.3 is 0 Å². The minimum atomic E-state index is -3.13. The Morgan fingerprint density at radius 3 is 2.14 bits per heavy atom. The van der Waals surface area contributed by atoms with Gasteiger partial charge in [0, 0.05) is 11.3 Å². The lowest BCUT2D eigenvalue weighted by molar-refractivity contribution is 0.524. The summed E-state index contributed by atoms with van der Waals surface area (Å²) >= 11 is 4.67. The molecule has 86 valence electrons. The number of thioether (sulfide) groups is 1. The summed E-state index contributed by atoms with van der Waals surface area (Å²) < 4.78 is 25.1. The van der Waals surface area contributed by atoms with Crippen LogP contribution in [-0.4, -0.2) is 30.6 Å². The van der Waals surface area contributed by atoms with Gasteiger partial charge in [-0.2, -0.15) is 11.8 Å². The van der Waals surface area contributed by atoms with Crippen molar-refractivity contribution in [3.05, 3.63) is 0 Å². The average Bonchev–Trinajstić information content (AvgIpc) is 2.21. The highest BCUT2D eigenvalue weighted by Crippen LogP contribution is 2.29. The van der Waals surface area contributed by atoms with Gasteiger partial charge in [-0.3, -0.25) is 0 Å². The summed E-state index contributed by atoms with van der Waals surface area (Å²) in [6.07, 6.45) is 3.96. The van der Waals surface area contributed by atoms with Gasteiger partial charge in [-0.05, 0) is 19.1 Å². The van der Waals surface area contributed by atoms with Gasteiger partial charge in [0.05, 0.1) is 0 Å². The molecule has 0 radical (unpaired) electrons. The molecular weight excluding hydrogens is 286 g/mol. The second-order valence-corrected chi connectivity index (χ2v) is 7.52. The summed E-state index contributed by atoms with van der Waals surface area (Å²) in [5.74, 6) is 0. The van der Waals surface area contributed by atoms with E-state index < -0.39 is 10.0 Å². The molecule has 0 aromatic rings. The molecule has 0 saturated heterocycles. The molecule has 0 amide bonds. The van der Waals surface area contributed by atoms with Gasteiger partial charge in [0.1, 0.15) is 4.66 Å². The summed E-state index contributed by atoms with van der Waals surface area (Å²) in [4.78, 5) is 0. The monoisotopic (exact) mass is 303 g/mol. The van der Waals surface area contributed by atoms with Crippen molar-refractivity contribution in [2.75, 3.05) is 17.5 Å². The fraction of sp³-hybridized carbons (Fsp3) is 1.00. The Balaban J connectivity index is 4.34. The van der Waals surface area contributed by atoms with E-state index in [-0.39, 0.29) is 9.41 Å². The lowest BCUT2D eigenvalue weighted by Crippen LogP contribution is -2.39. The van der Waals surface area contributed by atoms with E-state index in [4.69, 9.17) is 0 Å². The molecule has 0 fully saturated rings. The maximum atomic E-state index is 11.2. The molecule has 3 nitrogen and oxygen atoms in total. The first-order valence-electron chi connectivity index (χ1n) is 4.53. The summed E-state index contributed by atoms with van der Waals surface area (Å²) in [6.45, 7) is 4.68. The number of alkyl halides is 1. The van der Waals surface area contributed by atoms with E-state index in [1.807, 2.05) is 6.26 Å². The Morgan fingerprint density at radius 2 is 1.86 bits per heavy atom. The number of sulfonamides is 1. The predicted octanol–water partition coefficient (Wildman–Crippen LogP) is 2.18. The number of hydrogen-bond donors (Lipinski definition) is 1. The maximum absolute atomic E-state index is 11.2. The summed E-state index contributed by atoms with van der Waals surface area (Å²) in [7, 11) is -3.13. The normalized spacial score (nSPS) is 13.1. The van der Waals surface area contributed by atoms with Crippen LogP contribution in [0.1, 0.15) is 26.7 Å². The Labute approximate surface area is 99.6 Å². The molecule has 0 atom stereocenters. The van der Waals surface area contributed by atoms with Crippen LogP contribution < -0.4 is 4.72 Å². The second-order valence-electron chi connectivity index (χ2n) is 3.14. The van der Waals surface area contributed by atoms with Crippen LogP contribution in [-0.2, 0) is 10.0 Å². The minimum absolute atomic E-state index is 0.0299. The molecule has 0 rings (SSSR count). The Bertz CT molecular complexity index is 242. The van der Waals surface area contributed by atoms with Crippen molar-refractivity contribution in [1.82, 2.24) is 4.72 Å². The van der Waals surface area contributed by atoms with Crippen molar-refractivity contribution in [2.45, 2.75) is 31.4 Å². The van der Waals surface area contributed by atoms with Gasteiger partial charge in [-0.1, -0.05) is 29.8 Å². The molecule has 6 heteroatoms. The smallest absolute Gasteiger partial charge is 0.213 e. The van der Waals surface area contributed by atoms with Crippen molar-refractivity contribution in [3.8, 4) is 0 Å².